The van der Waals surface area contributed by atoms with E-state index in [4.69, 9.17) is 20.4 Å². The molecule has 8 nitrogen and oxygen atoms in total. The number of hydrogen-bond acceptors (Lipinski definition) is 5. The van der Waals surface area contributed by atoms with E-state index in [1.165, 1.54) is 42.6 Å². The maximum absolute atomic E-state index is 9.64. The molecule has 3 fully saturated rings. The second kappa shape index (κ2) is 11.4. The molecule has 8 heteroatoms. The van der Waals surface area contributed by atoms with Crippen LogP contribution in [0.2, 0.25) is 0 Å². The fraction of sp³-hybridized carbons (Fsp3) is 0.444. The van der Waals surface area contributed by atoms with Crippen LogP contribution in [0, 0.1) is 11.3 Å². The lowest BCUT2D eigenvalue weighted by atomic mass is 9.86. The van der Waals surface area contributed by atoms with Crippen LogP contribution in [0.15, 0.2) is 54.6 Å². The molecule has 6 rings (SSSR count). The zero-order valence-corrected chi connectivity index (χ0v) is 19.8. The van der Waals surface area contributed by atoms with Gasteiger partial charge in [0.1, 0.15) is 6.10 Å². The number of carboxylic acids is 2. The van der Waals surface area contributed by atoms with Crippen molar-refractivity contribution in [3.8, 4) is 0 Å². The zero-order chi connectivity index (χ0) is 24.8. The van der Waals surface area contributed by atoms with E-state index in [1.54, 1.807) is 0 Å². The van der Waals surface area contributed by atoms with Gasteiger partial charge in [-0.1, -0.05) is 54.6 Å². The van der Waals surface area contributed by atoms with Gasteiger partial charge in [-0.25, -0.2) is 0 Å². The quantitative estimate of drug-likeness (QED) is 0.443. The first kappa shape index (κ1) is 24.7. The number of nitrogens with zero attached hydrogens (tertiary/aromatic N) is 2. The Morgan fingerprint density at radius 1 is 0.914 bits per heavy atom. The van der Waals surface area contributed by atoms with Crippen molar-refractivity contribution in [1.29, 1.82) is 5.41 Å². The average molecular weight is 480 g/mol. The predicted octanol–water partition coefficient (Wildman–Crippen LogP) is 3.62. The van der Waals surface area contributed by atoms with Crippen LogP contribution in [0.1, 0.15) is 48.4 Å². The van der Waals surface area contributed by atoms with Gasteiger partial charge in [0.05, 0.1) is 18.9 Å². The van der Waals surface area contributed by atoms with E-state index >= 15 is 0 Å². The summed E-state index contributed by atoms with van der Waals surface area (Å²) in [6.45, 7) is 4.20. The fourth-order valence-corrected chi connectivity index (χ4v) is 5.25. The summed E-state index contributed by atoms with van der Waals surface area (Å²) in [5.41, 5.74) is 3.92. The summed E-state index contributed by atoms with van der Waals surface area (Å²) in [7, 11) is 0. The minimum Gasteiger partial charge on any atom is -0.481 e. The van der Waals surface area contributed by atoms with E-state index in [1.807, 2.05) is 0 Å². The van der Waals surface area contributed by atoms with Crippen molar-refractivity contribution < 1.29 is 24.5 Å². The number of rotatable bonds is 5. The monoisotopic (exact) mass is 479 g/mol. The van der Waals surface area contributed by atoms with Gasteiger partial charge in [-0.2, -0.15) is 0 Å². The highest BCUT2D eigenvalue weighted by atomic mass is 16.5. The minimum atomic E-state index is -1.08. The van der Waals surface area contributed by atoms with Gasteiger partial charge in [0.2, 0.25) is 0 Å². The number of aliphatic carboxylic acids is 2. The largest absolute Gasteiger partial charge is 0.481 e. The van der Waals surface area contributed by atoms with Gasteiger partial charge in [0, 0.05) is 13.1 Å². The summed E-state index contributed by atoms with van der Waals surface area (Å²) in [6, 6.07) is 19.6. The summed E-state index contributed by atoms with van der Waals surface area (Å²) in [5, 5.41) is 24.6. The Hall–Kier alpha value is -3.39. The van der Waals surface area contributed by atoms with Crippen molar-refractivity contribution in [2.45, 2.75) is 44.2 Å². The fourth-order valence-electron chi connectivity index (χ4n) is 5.25. The summed E-state index contributed by atoms with van der Waals surface area (Å²) in [5.74, 6) is -1.54. The van der Waals surface area contributed by atoms with E-state index in [0.717, 1.165) is 19.5 Å². The van der Waals surface area contributed by atoms with Gasteiger partial charge in [0.25, 0.3) is 6.02 Å². The number of amidine groups is 1. The van der Waals surface area contributed by atoms with Crippen molar-refractivity contribution in [1.82, 2.24) is 9.80 Å². The highest BCUT2D eigenvalue weighted by Crippen LogP contribution is 2.36. The Bertz CT molecular complexity index is 1020. The highest BCUT2D eigenvalue weighted by Gasteiger charge is 2.38. The Kier molecular flexibility index (Phi) is 8.02. The Morgan fingerprint density at radius 3 is 2.14 bits per heavy atom. The average Bonchev–Trinajstić information content (AvgIpc) is 2.88. The van der Waals surface area contributed by atoms with Crippen LogP contribution in [0.25, 0.3) is 0 Å². The SMILES string of the molecule is N=C(OC1CN2CCC1CC2)N1CCc2ccccc2C1c1ccccc1.O=C(O)CCC(=O)O. The first-order chi connectivity index (χ1) is 16.9. The maximum Gasteiger partial charge on any atom is 0.303 e. The normalized spacial score (nSPS) is 24.5. The molecule has 4 heterocycles. The molecule has 35 heavy (non-hydrogen) atoms. The molecule has 2 atom stereocenters. The predicted molar refractivity (Wildman–Crippen MR) is 131 cm³/mol. The number of ether oxygens (including phenoxy) is 1. The van der Waals surface area contributed by atoms with Gasteiger partial charge >= 0.3 is 11.9 Å². The van der Waals surface area contributed by atoms with Gasteiger partial charge in [-0.3, -0.25) is 19.9 Å². The highest BCUT2D eigenvalue weighted by molar-refractivity contribution is 5.75. The molecule has 4 aliphatic heterocycles. The molecule has 2 unspecified atom stereocenters. The third-order valence-electron chi connectivity index (χ3n) is 7.07. The van der Waals surface area contributed by atoms with Crippen molar-refractivity contribution in [2.75, 3.05) is 26.2 Å². The molecule has 186 valence electrons. The topological polar surface area (TPSA) is 114 Å². The maximum atomic E-state index is 9.64. The molecular weight excluding hydrogens is 446 g/mol. The molecule has 0 spiro atoms. The van der Waals surface area contributed by atoms with Crippen molar-refractivity contribution in [3.05, 3.63) is 71.3 Å². The molecule has 3 saturated heterocycles. The molecule has 4 aliphatic rings. The molecule has 0 aliphatic carbocycles. The number of piperidine rings is 3. The molecule has 3 N–H and O–H groups in total. The van der Waals surface area contributed by atoms with E-state index in [2.05, 4.69) is 64.4 Å². The number of carbonyl (C=O) groups is 2. The smallest absolute Gasteiger partial charge is 0.303 e. The van der Waals surface area contributed by atoms with Crippen LogP contribution in [0.3, 0.4) is 0 Å². The third kappa shape index (κ3) is 6.19. The molecule has 2 bridgehead atoms. The molecule has 2 aromatic carbocycles. The van der Waals surface area contributed by atoms with Crippen LogP contribution in [-0.4, -0.2) is 70.3 Å². The first-order valence-electron chi connectivity index (χ1n) is 12.2. The summed E-state index contributed by atoms with van der Waals surface area (Å²) >= 11 is 0. The second-order valence-electron chi connectivity index (χ2n) is 9.34. The number of nitrogens with one attached hydrogen (secondary N) is 1. The summed E-state index contributed by atoms with van der Waals surface area (Å²) in [6.07, 6.45) is 2.97. The number of carboxylic acid groups (broad SMARTS) is 2. The number of fused-ring (bicyclic) bond motifs is 4. The van der Waals surface area contributed by atoms with Crippen molar-refractivity contribution >= 4 is 18.0 Å². The van der Waals surface area contributed by atoms with E-state index in [-0.39, 0.29) is 25.0 Å². The summed E-state index contributed by atoms with van der Waals surface area (Å²) < 4.78 is 6.30. The number of benzene rings is 2. The van der Waals surface area contributed by atoms with Gasteiger partial charge < -0.3 is 19.8 Å². The first-order valence-corrected chi connectivity index (χ1v) is 12.2. The van der Waals surface area contributed by atoms with Crippen LogP contribution < -0.4 is 0 Å². The van der Waals surface area contributed by atoms with Crippen LogP contribution >= 0.6 is 0 Å². The molecule has 0 amide bonds. The van der Waals surface area contributed by atoms with Gasteiger partial charge in [0.15, 0.2) is 0 Å². The lowest BCUT2D eigenvalue weighted by Crippen LogP contribution is -2.53. The summed E-state index contributed by atoms with van der Waals surface area (Å²) in [4.78, 5) is 23.9. The van der Waals surface area contributed by atoms with Gasteiger partial charge in [-0.15, -0.1) is 0 Å². The Labute approximate surface area is 205 Å². The Morgan fingerprint density at radius 2 is 1.54 bits per heavy atom. The molecular formula is C27H33N3O5. The lowest BCUT2D eigenvalue weighted by Gasteiger charge is -2.46. The van der Waals surface area contributed by atoms with Crippen LogP contribution in [0.4, 0.5) is 0 Å². The van der Waals surface area contributed by atoms with E-state index in [9.17, 15) is 9.59 Å². The minimum absolute atomic E-state index is 0.0599. The Balaban J connectivity index is 0.000000314. The number of hydrogen-bond donors (Lipinski definition) is 3. The van der Waals surface area contributed by atoms with Crippen LogP contribution in [0.5, 0.6) is 0 Å². The van der Waals surface area contributed by atoms with Crippen molar-refractivity contribution in [2.24, 2.45) is 5.92 Å². The molecule has 0 aromatic heterocycles. The standard InChI is InChI=1S/C23H27N3O.C4H6O4/c24-23(27-21-16-25-13-10-18(21)11-14-25)26-15-12-17-6-4-5-9-20(17)22(26)19-7-2-1-3-8-19;5-3(6)1-2-4(7)8/h1-9,18,21-22,24H,10-16H2;1-2H2,(H,5,6)(H,7,8). The van der Waals surface area contributed by atoms with E-state index in [0.29, 0.717) is 11.9 Å². The molecule has 2 aromatic rings. The third-order valence-corrected chi connectivity index (χ3v) is 7.07. The molecule has 0 radical (unpaired) electrons. The van der Waals surface area contributed by atoms with Crippen LogP contribution in [-0.2, 0) is 20.7 Å². The molecule has 0 saturated carbocycles. The lowest BCUT2D eigenvalue weighted by molar-refractivity contribution is -0.143. The zero-order valence-electron chi connectivity index (χ0n) is 19.8. The van der Waals surface area contributed by atoms with Gasteiger partial charge in [-0.05, 0) is 55.0 Å². The van der Waals surface area contributed by atoms with E-state index < -0.39 is 11.9 Å². The second-order valence-corrected chi connectivity index (χ2v) is 9.34. The van der Waals surface area contributed by atoms with Crippen molar-refractivity contribution in [3.63, 3.8) is 0 Å².